The molecular weight excluding hydrogens is 382 g/mol. The van der Waals surface area contributed by atoms with Crippen molar-refractivity contribution >= 4 is 0 Å². The largest absolute Gasteiger partial charge is 0.379 e. The average Bonchev–Trinajstić information content (AvgIpc) is 3.35. The molecule has 4 aliphatic heterocycles. The van der Waals surface area contributed by atoms with E-state index in [0.29, 0.717) is 17.0 Å². The molecule has 0 bridgehead atoms. The van der Waals surface area contributed by atoms with Gasteiger partial charge < -0.3 is 14.5 Å². The number of rotatable bonds is 5. The first-order valence-corrected chi connectivity index (χ1v) is 13.7. The van der Waals surface area contributed by atoms with E-state index in [9.17, 15) is 0 Å². The highest BCUT2D eigenvalue weighted by Gasteiger charge is 2.52. The summed E-state index contributed by atoms with van der Waals surface area (Å²) in [5.74, 6) is 1.88. The molecule has 5 rings (SSSR count). The van der Waals surface area contributed by atoms with Crippen LogP contribution in [0.15, 0.2) is 0 Å². The SMILES string of the molecule is CC(C)N1CCCC2(CC(CN3CCC(C4CCC5(CCOC5)N4C(C)C)CC3)C2)C1. The second-order valence-corrected chi connectivity index (χ2v) is 12.7. The van der Waals surface area contributed by atoms with Gasteiger partial charge in [0.05, 0.1) is 6.61 Å². The van der Waals surface area contributed by atoms with Gasteiger partial charge in [-0.05, 0) is 122 Å². The fourth-order valence-corrected chi connectivity index (χ4v) is 8.63. The number of hydrogen-bond donors (Lipinski definition) is 0. The maximum absolute atomic E-state index is 5.89. The predicted molar refractivity (Wildman–Crippen MR) is 128 cm³/mol. The lowest BCUT2D eigenvalue weighted by molar-refractivity contribution is -0.0478. The first-order chi connectivity index (χ1) is 14.9. The Balaban J connectivity index is 1.09. The Hall–Kier alpha value is -0.160. The minimum Gasteiger partial charge on any atom is -0.379 e. The quantitative estimate of drug-likeness (QED) is 0.632. The van der Waals surface area contributed by atoms with E-state index in [2.05, 4.69) is 42.4 Å². The van der Waals surface area contributed by atoms with Crippen LogP contribution in [0.4, 0.5) is 0 Å². The summed E-state index contributed by atoms with van der Waals surface area (Å²) in [6.07, 6.45) is 12.8. The van der Waals surface area contributed by atoms with Crippen LogP contribution in [-0.4, -0.2) is 84.3 Å². The van der Waals surface area contributed by atoms with Crippen LogP contribution in [0.5, 0.6) is 0 Å². The molecule has 4 heterocycles. The molecule has 5 fully saturated rings. The summed E-state index contributed by atoms with van der Waals surface area (Å²) >= 11 is 0. The molecule has 2 spiro atoms. The van der Waals surface area contributed by atoms with Crippen LogP contribution in [0.25, 0.3) is 0 Å². The summed E-state index contributed by atoms with van der Waals surface area (Å²) in [7, 11) is 0. The third-order valence-electron chi connectivity index (χ3n) is 10.0. The minimum atomic E-state index is 0.375. The molecule has 178 valence electrons. The second kappa shape index (κ2) is 8.89. The molecule has 0 radical (unpaired) electrons. The Bertz CT molecular complexity index is 600. The summed E-state index contributed by atoms with van der Waals surface area (Å²) in [5.41, 5.74) is 1.06. The molecule has 1 saturated carbocycles. The molecule has 0 aromatic carbocycles. The third kappa shape index (κ3) is 4.36. The first kappa shape index (κ1) is 22.6. The van der Waals surface area contributed by atoms with E-state index in [4.69, 9.17) is 4.74 Å². The van der Waals surface area contributed by atoms with E-state index in [1.165, 1.54) is 90.5 Å². The lowest BCUT2D eigenvalue weighted by atomic mass is 9.58. The van der Waals surface area contributed by atoms with Crippen molar-refractivity contribution in [2.45, 2.75) is 109 Å². The number of hydrogen-bond acceptors (Lipinski definition) is 4. The topological polar surface area (TPSA) is 19.0 Å². The Kier molecular flexibility index (Phi) is 6.49. The maximum atomic E-state index is 5.89. The minimum absolute atomic E-state index is 0.375. The van der Waals surface area contributed by atoms with Crippen molar-refractivity contribution in [2.24, 2.45) is 17.3 Å². The zero-order chi connectivity index (χ0) is 21.6. The molecule has 4 heteroatoms. The van der Waals surface area contributed by atoms with Gasteiger partial charge in [-0.25, -0.2) is 0 Å². The number of nitrogens with zero attached hydrogens (tertiary/aromatic N) is 3. The van der Waals surface area contributed by atoms with Gasteiger partial charge in [-0.3, -0.25) is 4.90 Å². The van der Waals surface area contributed by atoms with E-state index >= 15 is 0 Å². The van der Waals surface area contributed by atoms with Crippen molar-refractivity contribution in [2.75, 3.05) is 45.9 Å². The average molecular weight is 432 g/mol. The van der Waals surface area contributed by atoms with Crippen molar-refractivity contribution in [1.82, 2.24) is 14.7 Å². The molecule has 5 aliphatic rings. The molecule has 0 aromatic rings. The smallest absolute Gasteiger partial charge is 0.0651 e. The molecule has 31 heavy (non-hydrogen) atoms. The second-order valence-electron chi connectivity index (χ2n) is 12.7. The van der Waals surface area contributed by atoms with Gasteiger partial charge in [0, 0.05) is 43.4 Å². The van der Waals surface area contributed by atoms with E-state index in [1.807, 2.05) is 0 Å². The van der Waals surface area contributed by atoms with E-state index < -0.39 is 0 Å². The molecule has 0 N–H and O–H groups in total. The summed E-state index contributed by atoms with van der Waals surface area (Å²) < 4.78 is 5.89. The van der Waals surface area contributed by atoms with Crippen molar-refractivity contribution in [3.8, 4) is 0 Å². The number of likely N-dealkylation sites (tertiary alicyclic amines) is 3. The maximum Gasteiger partial charge on any atom is 0.0651 e. The third-order valence-corrected chi connectivity index (χ3v) is 10.0. The van der Waals surface area contributed by atoms with Crippen LogP contribution in [0, 0.1) is 17.3 Å². The highest BCUT2D eigenvalue weighted by atomic mass is 16.5. The molecule has 2 atom stereocenters. The van der Waals surface area contributed by atoms with E-state index in [1.54, 1.807) is 0 Å². The van der Waals surface area contributed by atoms with Gasteiger partial charge in [-0.2, -0.15) is 0 Å². The number of ether oxygens (including phenoxy) is 1. The van der Waals surface area contributed by atoms with Crippen LogP contribution in [0.3, 0.4) is 0 Å². The van der Waals surface area contributed by atoms with Crippen molar-refractivity contribution < 1.29 is 4.74 Å². The van der Waals surface area contributed by atoms with Gasteiger partial charge >= 0.3 is 0 Å². The Labute approximate surface area is 192 Å². The summed E-state index contributed by atoms with van der Waals surface area (Å²) in [6.45, 7) is 18.4. The Morgan fingerprint density at radius 2 is 1.68 bits per heavy atom. The molecule has 4 nitrogen and oxygen atoms in total. The zero-order valence-corrected chi connectivity index (χ0v) is 21.0. The standard InChI is InChI=1S/C27H49N3O/c1-21(2)29-12-5-9-26(19-29)16-23(17-26)18-28-13-7-24(8-14-28)25-6-10-27(11-15-31-20-27)30(25)22(3)4/h21-25H,5-20H2,1-4H3. The lowest BCUT2D eigenvalue weighted by Crippen LogP contribution is -2.55. The fraction of sp³-hybridized carbons (Fsp3) is 1.00. The molecule has 4 saturated heterocycles. The van der Waals surface area contributed by atoms with Crippen molar-refractivity contribution in [3.05, 3.63) is 0 Å². The van der Waals surface area contributed by atoms with Crippen LogP contribution < -0.4 is 0 Å². The van der Waals surface area contributed by atoms with Crippen LogP contribution in [-0.2, 0) is 4.74 Å². The molecule has 1 aliphatic carbocycles. The lowest BCUT2D eigenvalue weighted by Gasteiger charge is -2.55. The Morgan fingerprint density at radius 3 is 2.32 bits per heavy atom. The van der Waals surface area contributed by atoms with Crippen LogP contribution in [0.2, 0.25) is 0 Å². The summed E-state index contributed by atoms with van der Waals surface area (Å²) in [6, 6.07) is 2.19. The van der Waals surface area contributed by atoms with E-state index in [-0.39, 0.29) is 0 Å². The van der Waals surface area contributed by atoms with Gasteiger partial charge in [0.2, 0.25) is 0 Å². The number of piperidine rings is 2. The van der Waals surface area contributed by atoms with Crippen LogP contribution in [0.1, 0.15) is 85.5 Å². The van der Waals surface area contributed by atoms with Crippen molar-refractivity contribution in [1.29, 1.82) is 0 Å². The normalized spacial score (nSPS) is 41.2. The van der Waals surface area contributed by atoms with Gasteiger partial charge in [0.15, 0.2) is 0 Å². The van der Waals surface area contributed by atoms with Crippen molar-refractivity contribution in [3.63, 3.8) is 0 Å². The predicted octanol–water partition coefficient (Wildman–Crippen LogP) is 4.63. The molecule has 2 unspecified atom stereocenters. The first-order valence-electron chi connectivity index (χ1n) is 13.7. The van der Waals surface area contributed by atoms with Gasteiger partial charge in [-0.1, -0.05) is 0 Å². The molecular formula is C27H49N3O. The van der Waals surface area contributed by atoms with Gasteiger partial charge in [0.1, 0.15) is 0 Å². The van der Waals surface area contributed by atoms with E-state index in [0.717, 1.165) is 37.1 Å². The van der Waals surface area contributed by atoms with Gasteiger partial charge in [0.25, 0.3) is 0 Å². The highest BCUT2D eigenvalue weighted by molar-refractivity contribution is 5.06. The summed E-state index contributed by atoms with van der Waals surface area (Å²) in [5, 5.41) is 0. The van der Waals surface area contributed by atoms with Gasteiger partial charge in [-0.15, -0.1) is 0 Å². The Morgan fingerprint density at radius 1 is 0.903 bits per heavy atom. The molecule has 0 aromatic heterocycles. The van der Waals surface area contributed by atoms with Crippen LogP contribution >= 0.6 is 0 Å². The molecule has 0 amide bonds. The zero-order valence-electron chi connectivity index (χ0n) is 21.0. The monoisotopic (exact) mass is 431 g/mol. The summed E-state index contributed by atoms with van der Waals surface area (Å²) in [4.78, 5) is 8.50. The highest BCUT2D eigenvalue weighted by Crippen LogP contribution is 2.52. The fourth-order valence-electron chi connectivity index (χ4n) is 8.63.